The average Bonchev–Trinajstić information content (AvgIpc) is 2.15. The monoisotopic (exact) mass is 220 g/mol. The van der Waals surface area contributed by atoms with Gasteiger partial charge in [-0.1, -0.05) is 13.8 Å². The minimum atomic E-state index is -0.929. The van der Waals surface area contributed by atoms with E-state index in [1.165, 1.54) is 0 Å². The normalized spacial score (nSPS) is 13.1. The molecule has 0 aliphatic carbocycles. The Morgan fingerprint density at radius 2 is 1.80 bits per heavy atom. The summed E-state index contributed by atoms with van der Waals surface area (Å²) in [5.74, 6) is -0.969. The lowest BCUT2D eigenvalue weighted by molar-refractivity contribution is -0.154. The molecule has 90 valence electrons. The Bertz CT molecular complexity index is 169. The van der Waals surface area contributed by atoms with Crippen LogP contribution >= 0.6 is 0 Å². The zero-order valence-electron chi connectivity index (χ0n) is 9.56. The van der Waals surface area contributed by atoms with E-state index in [1.54, 1.807) is 7.11 Å². The highest BCUT2D eigenvalue weighted by molar-refractivity contribution is 5.72. The number of rotatable bonds is 9. The first kappa shape index (κ1) is 14.3. The smallest absolute Gasteiger partial charge is 0.333 e. The molecule has 0 bridgehead atoms. The van der Waals surface area contributed by atoms with Crippen LogP contribution in [0.3, 0.4) is 0 Å². The quantitative estimate of drug-likeness (QED) is 0.581. The molecule has 0 fully saturated rings. The number of carboxylic acid groups (broad SMARTS) is 1. The SMILES string of the molecule is COCCOCCOC(C(=O)O)C(C)C. The fourth-order valence-corrected chi connectivity index (χ4v) is 1.03. The number of hydrogen-bond acceptors (Lipinski definition) is 4. The average molecular weight is 220 g/mol. The van der Waals surface area contributed by atoms with Crippen molar-refractivity contribution in [1.29, 1.82) is 0 Å². The van der Waals surface area contributed by atoms with Crippen molar-refractivity contribution in [2.75, 3.05) is 33.5 Å². The molecule has 0 saturated heterocycles. The molecule has 0 heterocycles. The summed E-state index contributed by atoms with van der Waals surface area (Å²) in [6, 6.07) is 0. The van der Waals surface area contributed by atoms with Crippen molar-refractivity contribution < 1.29 is 24.1 Å². The standard InChI is InChI=1S/C10H20O5/c1-8(2)9(10(11)12)15-7-6-14-5-4-13-3/h8-9H,4-7H2,1-3H3,(H,11,12). The highest BCUT2D eigenvalue weighted by atomic mass is 16.6. The minimum Gasteiger partial charge on any atom is -0.479 e. The predicted octanol–water partition coefficient (Wildman–Crippen LogP) is 0.775. The lowest BCUT2D eigenvalue weighted by Gasteiger charge is -2.16. The largest absolute Gasteiger partial charge is 0.479 e. The summed E-state index contributed by atoms with van der Waals surface area (Å²) >= 11 is 0. The summed E-state index contributed by atoms with van der Waals surface area (Å²) in [6.07, 6.45) is -0.754. The van der Waals surface area contributed by atoms with Gasteiger partial charge in [0.05, 0.1) is 26.4 Å². The van der Waals surface area contributed by atoms with Crippen LogP contribution in [0.2, 0.25) is 0 Å². The van der Waals surface area contributed by atoms with Crippen molar-refractivity contribution in [2.45, 2.75) is 20.0 Å². The van der Waals surface area contributed by atoms with Crippen LogP contribution < -0.4 is 0 Å². The molecule has 1 N–H and O–H groups in total. The number of ether oxygens (including phenoxy) is 3. The molecule has 5 nitrogen and oxygen atoms in total. The first-order chi connectivity index (χ1) is 7.09. The van der Waals surface area contributed by atoms with Crippen molar-refractivity contribution in [1.82, 2.24) is 0 Å². The Morgan fingerprint density at radius 1 is 1.20 bits per heavy atom. The molecule has 0 aliphatic rings. The number of methoxy groups -OCH3 is 1. The van der Waals surface area contributed by atoms with Gasteiger partial charge in [0.1, 0.15) is 0 Å². The van der Waals surface area contributed by atoms with Gasteiger partial charge in [-0.25, -0.2) is 4.79 Å². The van der Waals surface area contributed by atoms with Crippen LogP contribution in [0.4, 0.5) is 0 Å². The van der Waals surface area contributed by atoms with E-state index in [4.69, 9.17) is 19.3 Å². The minimum absolute atomic E-state index is 0.0403. The highest BCUT2D eigenvalue weighted by Crippen LogP contribution is 2.06. The maximum Gasteiger partial charge on any atom is 0.333 e. The summed E-state index contributed by atoms with van der Waals surface area (Å²) in [7, 11) is 1.60. The van der Waals surface area contributed by atoms with E-state index in [2.05, 4.69) is 0 Å². The Morgan fingerprint density at radius 3 is 2.27 bits per heavy atom. The molecule has 0 aromatic carbocycles. The number of aliphatic carboxylic acids is 1. The van der Waals surface area contributed by atoms with Crippen LogP contribution in [-0.2, 0) is 19.0 Å². The second-order valence-electron chi connectivity index (χ2n) is 3.48. The van der Waals surface area contributed by atoms with Crippen LogP contribution in [-0.4, -0.2) is 50.7 Å². The molecule has 0 rings (SSSR count). The maximum atomic E-state index is 10.7. The topological polar surface area (TPSA) is 65.0 Å². The molecule has 0 aliphatic heterocycles. The van der Waals surface area contributed by atoms with Crippen molar-refractivity contribution >= 4 is 5.97 Å². The number of carbonyl (C=O) groups is 1. The number of hydrogen-bond donors (Lipinski definition) is 1. The molecule has 5 heteroatoms. The van der Waals surface area contributed by atoms with E-state index in [1.807, 2.05) is 13.8 Å². The Hall–Kier alpha value is -0.650. The van der Waals surface area contributed by atoms with Gasteiger partial charge in [-0.2, -0.15) is 0 Å². The second-order valence-corrected chi connectivity index (χ2v) is 3.48. The van der Waals surface area contributed by atoms with E-state index in [0.29, 0.717) is 26.4 Å². The maximum absolute atomic E-state index is 10.7. The van der Waals surface area contributed by atoms with Crippen molar-refractivity contribution in [3.8, 4) is 0 Å². The fraction of sp³-hybridized carbons (Fsp3) is 0.900. The van der Waals surface area contributed by atoms with Crippen molar-refractivity contribution in [3.63, 3.8) is 0 Å². The zero-order valence-corrected chi connectivity index (χ0v) is 9.56. The summed E-state index contributed by atoms with van der Waals surface area (Å²) < 4.78 is 15.1. The first-order valence-electron chi connectivity index (χ1n) is 5.00. The van der Waals surface area contributed by atoms with Gasteiger partial charge < -0.3 is 19.3 Å². The van der Waals surface area contributed by atoms with Crippen molar-refractivity contribution in [3.05, 3.63) is 0 Å². The van der Waals surface area contributed by atoms with Gasteiger partial charge in [0.15, 0.2) is 6.10 Å². The summed E-state index contributed by atoms with van der Waals surface area (Å²) in [4.78, 5) is 10.7. The van der Waals surface area contributed by atoms with E-state index in [-0.39, 0.29) is 5.92 Å². The van der Waals surface area contributed by atoms with Gasteiger partial charge in [-0.15, -0.1) is 0 Å². The predicted molar refractivity (Wildman–Crippen MR) is 54.9 cm³/mol. The summed E-state index contributed by atoms with van der Waals surface area (Å²) in [6.45, 7) is 5.33. The molecule has 0 spiro atoms. The van der Waals surface area contributed by atoms with E-state index >= 15 is 0 Å². The van der Waals surface area contributed by atoms with Gasteiger partial charge >= 0.3 is 5.97 Å². The van der Waals surface area contributed by atoms with Gasteiger partial charge in [0, 0.05) is 7.11 Å². The second kappa shape index (κ2) is 8.64. The zero-order chi connectivity index (χ0) is 11.7. The molecule has 1 unspecified atom stereocenters. The summed E-state index contributed by atoms with van der Waals surface area (Å²) in [5.41, 5.74) is 0. The molecule has 0 amide bonds. The molecule has 0 saturated carbocycles. The van der Waals surface area contributed by atoms with Gasteiger partial charge in [0.25, 0.3) is 0 Å². The molecule has 15 heavy (non-hydrogen) atoms. The molecule has 1 atom stereocenters. The Balaban J connectivity index is 3.50. The van der Waals surface area contributed by atoms with Gasteiger partial charge in [0.2, 0.25) is 0 Å². The van der Waals surface area contributed by atoms with Crippen LogP contribution in [0.1, 0.15) is 13.8 Å². The third-order valence-corrected chi connectivity index (χ3v) is 1.81. The van der Waals surface area contributed by atoms with E-state index in [9.17, 15) is 4.79 Å². The lowest BCUT2D eigenvalue weighted by atomic mass is 10.1. The van der Waals surface area contributed by atoms with Crippen molar-refractivity contribution in [2.24, 2.45) is 5.92 Å². The Kier molecular flexibility index (Phi) is 8.27. The number of carboxylic acids is 1. The van der Waals surface area contributed by atoms with Gasteiger partial charge in [-0.3, -0.25) is 0 Å². The third kappa shape index (κ3) is 7.30. The van der Waals surface area contributed by atoms with E-state index < -0.39 is 12.1 Å². The Labute approximate surface area is 90.3 Å². The fourth-order valence-electron chi connectivity index (χ4n) is 1.03. The van der Waals surface area contributed by atoms with Crippen LogP contribution in [0.15, 0.2) is 0 Å². The van der Waals surface area contributed by atoms with Crippen LogP contribution in [0.25, 0.3) is 0 Å². The molecule has 0 aromatic rings. The van der Waals surface area contributed by atoms with Crippen LogP contribution in [0, 0.1) is 5.92 Å². The molecular weight excluding hydrogens is 200 g/mol. The summed E-state index contributed by atoms with van der Waals surface area (Å²) in [5, 5.41) is 8.80. The van der Waals surface area contributed by atoms with Crippen LogP contribution in [0.5, 0.6) is 0 Å². The highest BCUT2D eigenvalue weighted by Gasteiger charge is 2.21. The van der Waals surface area contributed by atoms with E-state index in [0.717, 1.165) is 0 Å². The van der Waals surface area contributed by atoms with Gasteiger partial charge in [-0.05, 0) is 5.92 Å². The first-order valence-corrected chi connectivity index (χ1v) is 5.00. The lowest BCUT2D eigenvalue weighted by Crippen LogP contribution is -2.30. The molecule has 0 radical (unpaired) electrons. The third-order valence-electron chi connectivity index (χ3n) is 1.81. The molecular formula is C10H20O5. The molecule has 0 aromatic heterocycles.